The van der Waals surface area contributed by atoms with Gasteiger partial charge in [0.05, 0.1) is 0 Å². The van der Waals surface area contributed by atoms with Gasteiger partial charge in [-0.25, -0.2) is 4.98 Å². The van der Waals surface area contributed by atoms with Crippen molar-refractivity contribution in [3.05, 3.63) is 69.8 Å². The fraction of sp³-hybridized carbons (Fsp3) is 0.417. The minimum atomic E-state index is -4.44. The summed E-state index contributed by atoms with van der Waals surface area (Å²) in [6, 6.07) is 9.95. The van der Waals surface area contributed by atoms with Crippen molar-refractivity contribution in [1.29, 1.82) is 0 Å². The average Bonchev–Trinajstić information content (AvgIpc) is 3.68. The van der Waals surface area contributed by atoms with Gasteiger partial charge in [0.25, 0.3) is 5.91 Å². The standard InChI is InChI=1S/C19H14ClF3N2O.C5H10N/c1-25(18(9-10-18)19(21,22)23)17(26)16-8-7-14(12-24-16)6-5-13-3-2-4-15(20)11-13;1-5(6-2)3-4-5/h2-4,7-8,11-12H,9-10H2,1H3;3-4H2,1-2H3/q;-1. The third kappa shape index (κ3) is 5.62. The molecule has 0 saturated heterocycles. The lowest BCUT2D eigenvalue weighted by Gasteiger charge is -2.29. The monoisotopic (exact) mass is 462 g/mol. The van der Waals surface area contributed by atoms with Crippen LogP contribution in [0.25, 0.3) is 5.32 Å². The number of amides is 1. The number of benzene rings is 1. The summed E-state index contributed by atoms with van der Waals surface area (Å²) in [4.78, 5) is 17.0. The number of nitrogens with zero attached hydrogens (tertiary/aromatic N) is 3. The Morgan fingerprint density at radius 1 is 1.12 bits per heavy atom. The zero-order valence-electron chi connectivity index (χ0n) is 18.1. The molecule has 1 aromatic carbocycles. The fourth-order valence-electron chi connectivity index (χ4n) is 3.00. The molecule has 0 N–H and O–H groups in total. The number of rotatable bonds is 3. The molecule has 0 bridgehead atoms. The van der Waals surface area contributed by atoms with E-state index in [0.29, 0.717) is 16.1 Å². The van der Waals surface area contributed by atoms with E-state index in [0.717, 1.165) is 17.5 Å². The van der Waals surface area contributed by atoms with E-state index in [4.69, 9.17) is 11.6 Å². The Balaban J connectivity index is 0.000000416. The lowest BCUT2D eigenvalue weighted by Crippen LogP contribution is -2.49. The predicted octanol–water partition coefficient (Wildman–Crippen LogP) is 5.84. The van der Waals surface area contributed by atoms with Crippen LogP contribution in [0.3, 0.4) is 0 Å². The van der Waals surface area contributed by atoms with E-state index in [1.54, 1.807) is 30.3 Å². The summed E-state index contributed by atoms with van der Waals surface area (Å²) in [5, 5.41) is 4.70. The highest BCUT2D eigenvalue weighted by atomic mass is 35.5. The molecule has 32 heavy (non-hydrogen) atoms. The highest BCUT2D eigenvalue weighted by molar-refractivity contribution is 6.30. The molecular formula is C24H24ClF3N3O-. The van der Waals surface area contributed by atoms with Crippen molar-refractivity contribution in [2.24, 2.45) is 0 Å². The SMILES string of the molecule is CN(C(=O)c1ccc(C#Cc2cccc(Cl)c2)cn1)C1(C(F)(F)F)CC1.C[N-]C1(C)CC1. The van der Waals surface area contributed by atoms with Crippen LogP contribution in [0, 0.1) is 11.8 Å². The van der Waals surface area contributed by atoms with Crippen LogP contribution in [0.2, 0.25) is 5.02 Å². The first-order chi connectivity index (χ1) is 15.0. The normalized spacial score (nSPS) is 17.2. The second kappa shape index (κ2) is 9.13. The van der Waals surface area contributed by atoms with Gasteiger partial charge in [-0.2, -0.15) is 20.2 Å². The number of hydrogen-bond donors (Lipinski definition) is 0. The summed E-state index contributed by atoms with van der Waals surface area (Å²) < 4.78 is 39.4. The van der Waals surface area contributed by atoms with Crippen LogP contribution in [0.4, 0.5) is 13.2 Å². The van der Waals surface area contributed by atoms with E-state index in [-0.39, 0.29) is 18.5 Å². The van der Waals surface area contributed by atoms with Gasteiger partial charge in [0.1, 0.15) is 11.2 Å². The molecule has 4 nitrogen and oxygen atoms in total. The van der Waals surface area contributed by atoms with Gasteiger partial charge in [0.2, 0.25) is 0 Å². The molecule has 4 rings (SSSR count). The second-order valence-electron chi connectivity index (χ2n) is 8.31. The molecule has 0 radical (unpaired) electrons. The highest BCUT2D eigenvalue weighted by Gasteiger charge is 2.67. The van der Waals surface area contributed by atoms with Gasteiger partial charge in [-0.05, 0) is 43.2 Å². The van der Waals surface area contributed by atoms with E-state index < -0.39 is 17.6 Å². The molecule has 8 heteroatoms. The number of hydrogen-bond acceptors (Lipinski definition) is 2. The molecule has 0 unspecified atom stereocenters. The number of pyridine rings is 1. The van der Waals surface area contributed by atoms with E-state index >= 15 is 0 Å². The molecule has 2 saturated carbocycles. The Kier molecular flexibility index (Phi) is 6.87. The summed E-state index contributed by atoms with van der Waals surface area (Å²) >= 11 is 5.88. The summed E-state index contributed by atoms with van der Waals surface area (Å²) in [6.07, 6.45) is -0.623. The first kappa shape index (κ1) is 24.1. The fourth-order valence-corrected chi connectivity index (χ4v) is 3.19. The van der Waals surface area contributed by atoms with Crippen molar-refractivity contribution < 1.29 is 18.0 Å². The Morgan fingerprint density at radius 2 is 1.78 bits per heavy atom. The molecule has 1 amide bonds. The number of carbonyl (C=O) groups is 1. The third-order valence-corrected chi connectivity index (χ3v) is 6.10. The zero-order valence-corrected chi connectivity index (χ0v) is 18.9. The number of carbonyl (C=O) groups excluding carboxylic acids is 1. The maximum Gasteiger partial charge on any atom is 0.411 e. The summed E-state index contributed by atoms with van der Waals surface area (Å²) in [5.74, 6) is 5.03. The molecule has 0 spiro atoms. The van der Waals surface area contributed by atoms with Gasteiger partial charge >= 0.3 is 6.18 Å². The van der Waals surface area contributed by atoms with E-state index in [1.165, 1.54) is 25.1 Å². The Labute approximate surface area is 191 Å². The zero-order chi connectivity index (χ0) is 23.6. The van der Waals surface area contributed by atoms with E-state index in [9.17, 15) is 18.0 Å². The number of halogens is 4. The second-order valence-corrected chi connectivity index (χ2v) is 8.74. The van der Waals surface area contributed by atoms with Crippen molar-refractivity contribution in [2.45, 2.75) is 49.9 Å². The van der Waals surface area contributed by atoms with Gasteiger partial charge in [-0.1, -0.05) is 49.3 Å². The molecule has 170 valence electrons. The molecule has 0 atom stereocenters. The molecule has 2 aromatic rings. The first-order valence-electron chi connectivity index (χ1n) is 10.2. The van der Waals surface area contributed by atoms with Crippen molar-refractivity contribution in [3.63, 3.8) is 0 Å². The first-order valence-corrected chi connectivity index (χ1v) is 10.6. The smallest absolute Gasteiger partial charge is 0.411 e. The Bertz CT molecular complexity index is 1030. The molecule has 2 aliphatic rings. The third-order valence-electron chi connectivity index (χ3n) is 5.87. The maximum atomic E-state index is 13.1. The van der Waals surface area contributed by atoms with Gasteiger partial charge < -0.3 is 10.2 Å². The van der Waals surface area contributed by atoms with Crippen LogP contribution in [-0.2, 0) is 0 Å². The highest BCUT2D eigenvalue weighted by Crippen LogP contribution is 2.53. The van der Waals surface area contributed by atoms with Crippen molar-refractivity contribution >= 4 is 17.5 Å². The lowest BCUT2D eigenvalue weighted by atomic mass is 10.1. The topological polar surface area (TPSA) is 47.3 Å². The van der Waals surface area contributed by atoms with Crippen LogP contribution in [-0.4, -0.2) is 47.1 Å². The molecule has 1 aromatic heterocycles. The number of aromatic nitrogens is 1. The quantitative estimate of drug-likeness (QED) is 0.537. The Hall–Kier alpha value is -2.56. The number of alkyl halides is 3. The summed E-state index contributed by atoms with van der Waals surface area (Å²) in [7, 11) is 3.06. The molecule has 0 aliphatic heterocycles. The van der Waals surface area contributed by atoms with Crippen molar-refractivity contribution in [2.75, 3.05) is 14.1 Å². The van der Waals surface area contributed by atoms with Gasteiger partial charge in [-0.15, -0.1) is 5.54 Å². The van der Waals surface area contributed by atoms with Crippen molar-refractivity contribution in [3.8, 4) is 11.8 Å². The lowest BCUT2D eigenvalue weighted by molar-refractivity contribution is -0.185. The van der Waals surface area contributed by atoms with Crippen LogP contribution < -0.4 is 0 Å². The van der Waals surface area contributed by atoms with Crippen LogP contribution >= 0.6 is 11.6 Å². The van der Waals surface area contributed by atoms with Crippen molar-refractivity contribution in [1.82, 2.24) is 9.88 Å². The van der Waals surface area contributed by atoms with Gasteiger partial charge in [0.15, 0.2) is 0 Å². The summed E-state index contributed by atoms with van der Waals surface area (Å²) in [5.41, 5.74) is -0.424. The molecule has 1 heterocycles. The Morgan fingerprint density at radius 3 is 2.22 bits per heavy atom. The van der Waals surface area contributed by atoms with E-state index in [2.05, 4.69) is 29.1 Å². The largest absolute Gasteiger partial charge is 0.660 e. The maximum absolute atomic E-state index is 13.1. The minimum Gasteiger partial charge on any atom is -0.660 e. The predicted molar refractivity (Wildman–Crippen MR) is 119 cm³/mol. The van der Waals surface area contributed by atoms with Crippen LogP contribution in [0.1, 0.15) is 54.2 Å². The van der Waals surface area contributed by atoms with Gasteiger partial charge in [-0.3, -0.25) is 4.79 Å². The average molecular weight is 463 g/mol. The molecule has 2 aliphatic carbocycles. The van der Waals surface area contributed by atoms with E-state index in [1.807, 2.05) is 7.05 Å². The van der Waals surface area contributed by atoms with Crippen LogP contribution in [0.15, 0.2) is 42.6 Å². The summed E-state index contributed by atoms with van der Waals surface area (Å²) in [6.45, 7) is 2.19. The molecule has 2 fully saturated rings. The molecular weight excluding hydrogens is 439 g/mol. The minimum absolute atomic E-state index is 0.0451. The van der Waals surface area contributed by atoms with Gasteiger partial charge in [0, 0.05) is 29.4 Å². The van der Waals surface area contributed by atoms with Crippen LogP contribution in [0.5, 0.6) is 0 Å².